The molecule has 0 aliphatic heterocycles. The van der Waals surface area contributed by atoms with Crippen LogP contribution >= 0.6 is 0 Å². The van der Waals surface area contributed by atoms with E-state index in [1.165, 1.54) is 0 Å². The molecule has 0 bridgehead atoms. The van der Waals surface area contributed by atoms with Crippen LogP contribution in [-0.2, 0) is 4.79 Å². The Labute approximate surface area is 66.3 Å². The number of furan rings is 1. The summed E-state index contributed by atoms with van der Waals surface area (Å²) in [6, 6.07) is 3.67. The van der Waals surface area contributed by atoms with Crippen LogP contribution in [0.2, 0.25) is 0 Å². The molecule has 46 valence electrons. The van der Waals surface area contributed by atoms with Crippen molar-refractivity contribution in [2.45, 2.75) is 0 Å². The Morgan fingerprint density at radius 3 is 1.89 bits per heavy atom. The summed E-state index contributed by atoms with van der Waals surface area (Å²) in [5, 5.41) is 6.89. The first kappa shape index (κ1) is 11.2. The Morgan fingerprint density at radius 2 is 1.78 bits per heavy atom. The third-order valence-corrected chi connectivity index (χ3v) is 0.425. The number of carbonyl (C=O) groups is 1. The van der Waals surface area contributed by atoms with Crippen molar-refractivity contribution in [2.75, 3.05) is 0 Å². The maximum Gasteiger partial charge on any atom is 1.00 e. The predicted octanol–water partition coefficient (Wildman–Crippen LogP) is -1.90. The smallest absolute Gasteiger partial charge is 1.00 e. The van der Waals surface area contributed by atoms with Gasteiger partial charge in [-0.15, -0.1) is 0 Å². The maximum absolute atomic E-state index is 8.36. The fourth-order valence-electron chi connectivity index (χ4n) is 0.227. The molecule has 1 heterocycles. The van der Waals surface area contributed by atoms with Crippen molar-refractivity contribution in [1.29, 1.82) is 0 Å². The second kappa shape index (κ2) is 10.4. The maximum atomic E-state index is 8.36. The minimum absolute atomic E-state index is 0. The zero-order valence-electron chi connectivity index (χ0n) is 6.15. The number of hydrogen-bond donors (Lipinski definition) is 1. The van der Waals surface area contributed by atoms with Gasteiger partial charge < -0.3 is 11.0 Å². The summed E-state index contributed by atoms with van der Waals surface area (Å²) in [6.07, 6.45) is 3.25. The van der Waals surface area contributed by atoms with Gasteiger partial charge in [0, 0.05) is 0 Å². The minimum atomic E-state index is -0.250. The number of hydrogen-bond acceptors (Lipinski definition) is 2. The molecular weight excluding hydrogens is 115 g/mol. The van der Waals surface area contributed by atoms with Crippen LogP contribution in [0, 0.1) is 0 Å². The van der Waals surface area contributed by atoms with Gasteiger partial charge in [-0.05, 0) is 12.1 Å². The Kier molecular flexibility index (Phi) is 12.9. The minimum Gasteiger partial charge on any atom is -1.00 e. The summed E-state index contributed by atoms with van der Waals surface area (Å²) in [4.78, 5) is 8.36. The Balaban J connectivity index is -0.0000000900. The van der Waals surface area contributed by atoms with Crippen molar-refractivity contribution >= 4 is 6.47 Å². The molecule has 0 spiro atoms. The van der Waals surface area contributed by atoms with Crippen LogP contribution in [0.1, 0.15) is 1.43 Å². The normalized spacial score (nSPS) is 5.78. The first-order valence-electron chi connectivity index (χ1n) is 1.97. The Morgan fingerprint density at radius 1 is 1.44 bits per heavy atom. The van der Waals surface area contributed by atoms with Crippen molar-refractivity contribution in [2.24, 2.45) is 0 Å². The van der Waals surface area contributed by atoms with E-state index in [1.807, 2.05) is 12.1 Å². The molecule has 1 N–H and O–H groups in total. The molecule has 9 heavy (non-hydrogen) atoms. The standard InChI is InChI=1S/C4H4O.CH2O2.Li.H/c1-2-4-5-3-1;2-1-3;;/h1-4H;1H,(H,2,3);;/q;;+1;-1. The zero-order chi connectivity index (χ0) is 6.24. The summed E-state index contributed by atoms with van der Waals surface area (Å²) in [5.74, 6) is 0. The van der Waals surface area contributed by atoms with E-state index < -0.39 is 0 Å². The first-order chi connectivity index (χ1) is 3.91. The van der Waals surface area contributed by atoms with E-state index in [0.717, 1.165) is 0 Å². The third kappa shape index (κ3) is 11.1. The fraction of sp³-hybridized carbons (Fsp3) is 0. The van der Waals surface area contributed by atoms with E-state index in [2.05, 4.69) is 4.42 Å². The van der Waals surface area contributed by atoms with Gasteiger partial charge in [-0.3, -0.25) is 4.79 Å². The van der Waals surface area contributed by atoms with Crippen LogP contribution in [0.15, 0.2) is 29.1 Å². The third-order valence-electron chi connectivity index (χ3n) is 0.425. The van der Waals surface area contributed by atoms with Gasteiger partial charge in [-0.25, -0.2) is 0 Å². The van der Waals surface area contributed by atoms with Crippen LogP contribution in [0.5, 0.6) is 0 Å². The van der Waals surface area contributed by atoms with Gasteiger partial charge in [0.25, 0.3) is 6.47 Å². The van der Waals surface area contributed by atoms with E-state index in [-0.39, 0.29) is 26.8 Å². The molecule has 0 saturated carbocycles. The Bertz CT molecular complexity index is 103. The van der Waals surface area contributed by atoms with E-state index in [4.69, 9.17) is 9.90 Å². The molecule has 0 atom stereocenters. The molecule has 0 amide bonds. The second-order valence-corrected chi connectivity index (χ2v) is 0.899. The molecule has 0 fully saturated rings. The van der Waals surface area contributed by atoms with Crippen molar-refractivity contribution in [3.63, 3.8) is 0 Å². The van der Waals surface area contributed by atoms with Gasteiger partial charge in [0.15, 0.2) is 0 Å². The average molecular weight is 122 g/mol. The van der Waals surface area contributed by atoms with Crippen LogP contribution in [0.3, 0.4) is 0 Å². The molecule has 4 heteroatoms. The fourth-order valence-corrected chi connectivity index (χ4v) is 0.227. The van der Waals surface area contributed by atoms with Gasteiger partial charge in [-0.2, -0.15) is 0 Å². The Hall–Kier alpha value is -0.653. The molecule has 0 aliphatic carbocycles. The molecule has 0 aliphatic rings. The van der Waals surface area contributed by atoms with Gasteiger partial charge in [0.2, 0.25) is 0 Å². The molecule has 0 radical (unpaired) electrons. The SMILES string of the molecule is O=CO.[H-].[Li+].c1ccoc1. The molecular formula is C5H7LiO3. The zero-order valence-corrected chi connectivity index (χ0v) is 5.15. The van der Waals surface area contributed by atoms with Crippen molar-refractivity contribution in [3.8, 4) is 0 Å². The van der Waals surface area contributed by atoms with Gasteiger partial charge >= 0.3 is 18.9 Å². The van der Waals surface area contributed by atoms with E-state index >= 15 is 0 Å². The van der Waals surface area contributed by atoms with Crippen LogP contribution in [0.4, 0.5) is 0 Å². The quantitative estimate of drug-likeness (QED) is 0.323. The van der Waals surface area contributed by atoms with Crippen LogP contribution < -0.4 is 18.9 Å². The second-order valence-electron chi connectivity index (χ2n) is 0.899. The number of carboxylic acid groups (broad SMARTS) is 1. The topological polar surface area (TPSA) is 50.4 Å². The van der Waals surface area contributed by atoms with Crippen molar-refractivity contribution in [1.82, 2.24) is 0 Å². The van der Waals surface area contributed by atoms with Gasteiger partial charge in [-0.1, -0.05) is 0 Å². The summed E-state index contributed by atoms with van der Waals surface area (Å²) >= 11 is 0. The van der Waals surface area contributed by atoms with E-state index in [0.29, 0.717) is 0 Å². The summed E-state index contributed by atoms with van der Waals surface area (Å²) in [7, 11) is 0. The van der Waals surface area contributed by atoms with Gasteiger partial charge in [0.1, 0.15) is 0 Å². The van der Waals surface area contributed by atoms with Crippen LogP contribution in [0.25, 0.3) is 0 Å². The number of rotatable bonds is 0. The molecule has 0 aromatic carbocycles. The average Bonchev–Trinajstić information content (AvgIpc) is 2.17. The molecule has 1 rings (SSSR count). The first-order valence-corrected chi connectivity index (χ1v) is 1.97. The van der Waals surface area contributed by atoms with Gasteiger partial charge in [0.05, 0.1) is 12.5 Å². The van der Waals surface area contributed by atoms with Crippen molar-refractivity contribution in [3.05, 3.63) is 24.7 Å². The monoisotopic (exact) mass is 122 g/mol. The van der Waals surface area contributed by atoms with E-state index in [9.17, 15) is 0 Å². The predicted molar refractivity (Wildman–Crippen MR) is 28.5 cm³/mol. The molecule has 3 nitrogen and oxygen atoms in total. The largest absolute Gasteiger partial charge is 1.00 e. The molecule has 0 unspecified atom stereocenters. The molecule has 1 aromatic heterocycles. The summed E-state index contributed by atoms with van der Waals surface area (Å²) < 4.78 is 4.58. The van der Waals surface area contributed by atoms with Crippen molar-refractivity contribution < 1.29 is 34.6 Å². The summed E-state index contributed by atoms with van der Waals surface area (Å²) in [5.41, 5.74) is 0. The van der Waals surface area contributed by atoms with Crippen LogP contribution in [-0.4, -0.2) is 11.6 Å². The molecule has 0 saturated heterocycles. The molecule has 1 aromatic rings. The summed E-state index contributed by atoms with van der Waals surface area (Å²) in [6.45, 7) is -0.250. The van der Waals surface area contributed by atoms with E-state index in [1.54, 1.807) is 12.5 Å².